The molecule has 148 valence electrons. The fourth-order valence-electron chi connectivity index (χ4n) is 2.68. The van der Waals surface area contributed by atoms with Crippen molar-refractivity contribution in [2.24, 2.45) is 4.99 Å². The summed E-state index contributed by atoms with van der Waals surface area (Å²) in [5.74, 6) is 1.48. The van der Waals surface area contributed by atoms with E-state index in [-0.39, 0.29) is 24.0 Å². The first kappa shape index (κ1) is 22.9. The van der Waals surface area contributed by atoms with Crippen molar-refractivity contribution in [2.75, 3.05) is 46.0 Å². The SMILES string of the molecule is CCNC(=NCc1ccnc(OCC)c1)NCC(C)N1CCOCC1.I. The highest BCUT2D eigenvalue weighted by molar-refractivity contribution is 14.0. The molecule has 0 bridgehead atoms. The summed E-state index contributed by atoms with van der Waals surface area (Å²) in [6.45, 7) is 12.8. The van der Waals surface area contributed by atoms with E-state index in [1.807, 2.05) is 19.1 Å². The van der Waals surface area contributed by atoms with Crippen molar-refractivity contribution in [2.45, 2.75) is 33.4 Å². The fourth-order valence-corrected chi connectivity index (χ4v) is 2.68. The summed E-state index contributed by atoms with van der Waals surface area (Å²) in [7, 11) is 0. The minimum Gasteiger partial charge on any atom is -0.478 e. The van der Waals surface area contributed by atoms with Crippen LogP contribution in [-0.2, 0) is 11.3 Å². The number of nitrogens with one attached hydrogen (secondary N) is 2. The van der Waals surface area contributed by atoms with E-state index >= 15 is 0 Å². The summed E-state index contributed by atoms with van der Waals surface area (Å²) in [5, 5.41) is 6.74. The maximum absolute atomic E-state index is 5.44. The van der Waals surface area contributed by atoms with Crippen LogP contribution in [0.4, 0.5) is 0 Å². The van der Waals surface area contributed by atoms with Crippen molar-refractivity contribution in [3.05, 3.63) is 23.9 Å². The normalized spacial score (nSPS) is 16.5. The molecule has 0 aromatic carbocycles. The summed E-state index contributed by atoms with van der Waals surface area (Å²) in [6.07, 6.45) is 1.76. The Labute approximate surface area is 174 Å². The molecule has 1 atom stereocenters. The van der Waals surface area contributed by atoms with Crippen LogP contribution < -0.4 is 15.4 Å². The van der Waals surface area contributed by atoms with Crippen molar-refractivity contribution < 1.29 is 9.47 Å². The predicted octanol–water partition coefficient (Wildman–Crippen LogP) is 1.87. The minimum absolute atomic E-state index is 0. The largest absolute Gasteiger partial charge is 0.478 e. The number of halogens is 1. The van der Waals surface area contributed by atoms with E-state index in [1.165, 1.54) is 0 Å². The van der Waals surface area contributed by atoms with Gasteiger partial charge in [-0.3, -0.25) is 4.90 Å². The zero-order valence-electron chi connectivity index (χ0n) is 16.0. The van der Waals surface area contributed by atoms with E-state index < -0.39 is 0 Å². The summed E-state index contributed by atoms with van der Waals surface area (Å²) >= 11 is 0. The highest BCUT2D eigenvalue weighted by atomic mass is 127. The number of hydrogen-bond acceptors (Lipinski definition) is 5. The Balaban J connectivity index is 0.00000338. The number of guanidine groups is 1. The monoisotopic (exact) mass is 477 g/mol. The maximum Gasteiger partial charge on any atom is 0.213 e. The lowest BCUT2D eigenvalue weighted by Crippen LogP contribution is -2.49. The average Bonchev–Trinajstić information content (AvgIpc) is 2.65. The molecule has 0 amide bonds. The van der Waals surface area contributed by atoms with Crippen LogP contribution in [0, 0.1) is 0 Å². The second-order valence-corrected chi connectivity index (χ2v) is 6.01. The lowest BCUT2D eigenvalue weighted by molar-refractivity contribution is 0.0211. The Bertz CT molecular complexity index is 538. The van der Waals surface area contributed by atoms with Crippen LogP contribution in [0.1, 0.15) is 26.3 Å². The van der Waals surface area contributed by atoms with Gasteiger partial charge in [-0.15, -0.1) is 24.0 Å². The molecule has 1 unspecified atom stereocenters. The van der Waals surface area contributed by atoms with Crippen molar-refractivity contribution in [1.82, 2.24) is 20.5 Å². The first-order valence-electron chi connectivity index (χ1n) is 9.14. The highest BCUT2D eigenvalue weighted by Gasteiger charge is 2.16. The van der Waals surface area contributed by atoms with Gasteiger partial charge < -0.3 is 20.1 Å². The lowest BCUT2D eigenvalue weighted by atomic mass is 10.2. The second kappa shape index (κ2) is 13.1. The van der Waals surface area contributed by atoms with E-state index in [0.717, 1.165) is 50.9 Å². The van der Waals surface area contributed by atoms with E-state index in [4.69, 9.17) is 9.47 Å². The van der Waals surface area contributed by atoms with Gasteiger partial charge in [0.2, 0.25) is 5.88 Å². The maximum atomic E-state index is 5.44. The third-order valence-electron chi connectivity index (χ3n) is 4.09. The molecule has 26 heavy (non-hydrogen) atoms. The Morgan fingerprint density at radius 3 is 2.81 bits per heavy atom. The molecule has 0 radical (unpaired) electrons. The fraction of sp³-hybridized carbons (Fsp3) is 0.667. The molecule has 0 saturated carbocycles. The molecular weight excluding hydrogens is 445 g/mol. The van der Waals surface area contributed by atoms with Crippen LogP contribution in [-0.4, -0.2) is 67.9 Å². The highest BCUT2D eigenvalue weighted by Crippen LogP contribution is 2.10. The van der Waals surface area contributed by atoms with Crippen LogP contribution in [0.25, 0.3) is 0 Å². The summed E-state index contributed by atoms with van der Waals surface area (Å²) in [6, 6.07) is 4.34. The van der Waals surface area contributed by atoms with Crippen molar-refractivity contribution >= 4 is 29.9 Å². The third-order valence-corrected chi connectivity index (χ3v) is 4.09. The van der Waals surface area contributed by atoms with E-state index in [1.54, 1.807) is 6.20 Å². The second-order valence-electron chi connectivity index (χ2n) is 6.01. The van der Waals surface area contributed by atoms with Gasteiger partial charge in [0.25, 0.3) is 0 Å². The van der Waals surface area contributed by atoms with E-state index in [2.05, 4.69) is 39.4 Å². The van der Waals surface area contributed by atoms with Gasteiger partial charge in [0.15, 0.2) is 5.96 Å². The van der Waals surface area contributed by atoms with Gasteiger partial charge in [0, 0.05) is 44.5 Å². The molecule has 2 rings (SSSR count). The molecule has 1 aliphatic rings. The van der Waals surface area contributed by atoms with E-state index in [0.29, 0.717) is 25.1 Å². The molecule has 0 aliphatic carbocycles. The number of rotatable bonds is 8. The number of aliphatic imine (C=N–C) groups is 1. The Morgan fingerprint density at radius 1 is 1.35 bits per heavy atom. The molecule has 1 aliphatic heterocycles. The summed E-state index contributed by atoms with van der Waals surface area (Å²) in [5.41, 5.74) is 1.08. The van der Waals surface area contributed by atoms with Crippen LogP contribution >= 0.6 is 24.0 Å². The first-order valence-corrected chi connectivity index (χ1v) is 9.14. The zero-order chi connectivity index (χ0) is 17.9. The quantitative estimate of drug-likeness (QED) is 0.339. The zero-order valence-corrected chi connectivity index (χ0v) is 18.4. The molecule has 8 heteroatoms. The van der Waals surface area contributed by atoms with Gasteiger partial charge in [-0.25, -0.2) is 9.98 Å². The van der Waals surface area contributed by atoms with Crippen molar-refractivity contribution in [3.63, 3.8) is 0 Å². The van der Waals surface area contributed by atoms with Gasteiger partial charge in [-0.2, -0.15) is 0 Å². The smallest absolute Gasteiger partial charge is 0.213 e. The molecule has 1 saturated heterocycles. The molecule has 7 nitrogen and oxygen atoms in total. The van der Waals surface area contributed by atoms with Crippen LogP contribution in [0.3, 0.4) is 0 Å². The molecule has 1 aromatic rings. The van der Waals surface area contributed by atoms with Crippen molar-refractivity contribution in [3.8, 4) is 5.88 Å². The molecular formula is C18H32IN5O2. The van der Waals surface area contributed by atoms with Gasteiger partial charge >= 0.3 is 0 Å². The van der Waals surface area contributed by atoms with Gasteiger partial charge in [0.05, 0.1) is 26.4 Å². The predicted molar refractivity (Wildman–Crippen MR) is 115 cm³/mol. The average molecular weight is 477 g/mol. The van der Waals surface area contributed by atoms with Crippen LogP contribution in [0.2, 0.25) is 0 Å². The van der Waals surface area contributed by atoms with E-state index in [9.17, 15) is 0 Å². The number of aromatic nitrogens is 1. The van der Waals surface area contributed by atoms with Gasteiger partial charge in [0.1, 0.15) is 0 Å². The number of morpholine rings is 1. The van der Waals surface area contributed by atoms with Gasteiger partial charge in [-0.1, -0.05) is 0 Å². The Kier molecular flexibility index (Phi) is 11.5. The van der Waals surface area contributed by atoms with Crippen LogP contribution in [0.5, 0.6) is 5.88 Å². The molecule has 1 aromatic heterocycles. The summed E-state index contributed by atoms with van der Waals surface area (Å²) < 4.78 is 10.9. The first-order chi connectivity index (χ1) is 12.2. The Morgan fingerprint density at radius 2 is 2.12 bits per heavy atom. The number of ether oxygens (including phenoxy) is 2. The molecule has 0 spiro atoms. The topological polar surface area (TPSA) is 71.0 Å². The number of pyridine rings is 1. The molecule has 2 heterocycles. The van der Waals surface area contributed by atoms with Crippen LogP contribution in [0.15, 0.2) is 23.3 Å². The standard InChI is InChI=1S/C18H31N5O2.HI/c1-4-19-18(21-13-15(3)23-8-10-24-11-9-23)22-14-16-6-7-20-17(12-16)25-5-2;/h6-7,12,15H,4-5,8-11,13-14H2,1-3H3,(H2,19,21,22);1H. The van der Waals surface area contributed by atoms with Crippen molar-refractivity contribution in [1.29, 1.82) is 0 Å². The number of nitrogens with zero attached hydrogens (tertiary/aromatic N) is 3. The third kappa shape index (κ3) is 8.05. The minimum atomic E-state index is 0. The summed E-state index contributed by atoms with van der Waals surface area (Å²) in [4.78, 5) is 11.3. The Hall–Kier alpha value is -1.13. The lowest BCUT2D eigenvalue weighted by Gasteiger charge is -2.32. The van der Waals surface area contributed by atoms with Gasteiger partial charge in [-0.05, 0) is 32.4 Å². The molecule has 2 N–H and O–H groups in total. The number of hydrogen-bond donors (Lipinski definition) is 2. The molecule has 1 fully saturated rings.